The van der Waals surface area contributed by atoms with E-state index in [2.05, 4.69) is 9.30 Å². The zero-order chi connectivity index (χ0) is 27.0. The van der Waals surface area contributed by atoms with Crippen molar-refractivity contribution in [1.82, 2.24) is 9.55 Å². The zero-order valence-corrected chi connectivity index (χ0v) is 20.8. The molecule has 0 saturated carbocycles. The molecule has 9 heteroatoms. The molecule has 0 amide bonds. The maximum atomic E-state index is 12.6. The monoisotopic (exact) mass is 526 g/mol. The van der Waals surface area contributed by atoms with Gasteiger partial charge in [0.15, 0.2) is 0 Å². The van der Waals surface area contributed by atoms with Crippen LogP contribution in [0.1, 0.15) is 37.7 Å². The number of imidazole rings is 1. The number of carboxylic acid groups (broad SMARTS) is 1. The fourth-order valence-corrected chi connectivity index (χ4v) is 4.34. The highest BCUT2D eigenvalue weighted by Crippen LogP contribution is 2.29. The minimum absolute atomic E-state index is 0.174. The number of benzene rings is 3. The van der Waals surface area contributed by atoms with Crippen molar-refractivity contribution >= 4 is 17.0 Å². The van der Waals surface area contributed by atoms with Crippen LogP contribution < -0.4 is 9.47 Å². The second-order valence-corrected chi connectivity index (χ2v) is 8.91. The number of alkyl halides is 3. The quantitative estimate of drug-likeness (QED) is 0.186. The molecule has 0 aliphatic rings. The van der Waals surface area contributed by atoms with Crippen molar-refractivity contribution in [2.45, 2.75) is 51.4 Å². The number of halogens is 3. The summed E-state index contributed by atoms with van der Waals surface area (Å²) in [5, 5.41) is 8.74. The minimum Gasteiger partial charge on any atom is -0.493 e. The van der Waals surface area contributed by atoms with E-state index in [0.29, 0.717) is 31.0 Å². The third-order valence-electron chi connectivity index (χ3n) is 6.09. The van der Waals surface area contributed by atoms with Crippen molar-refractivity contribution in [3.05, 3.63) is 78.4 Å². The zero-order valence-electron chi connectivity index (χ0n) is 20.8. The summed E-state index contributed by atoms with van der Waals surface area (Å²) in [4.78, 5) is 15.4. The predicted molar refractivity (Wildman–Crippen MR) is 138 cm³/mol. The lowest BCUT2D eigenvalue weighted by atomic mass is 10.1. The van der Waals surface area contributed by atoms with E-state index in [-0.39, 0.29) is 12.2 Å². The number of aliphatic carboxylic acids is 1. The van der Waals surface area contributed by atoms with Crippen LogP contribution >= 0.6 is 0 Å². The van der Waals surface area contributed by atoms with E-state index in [1.54, 1.807) is 12.1 Å². The Balaban J connectivity index is 1.43. The van der Waals surface area contributed by atoms with Crippen LogP contribution in [-0.4, -0.2) is 33.6 Å². The number of nitrogens with zero attached hydrogens (tertiary/aromatic N) is 2. The summed E-state index contributed by atoms with van der Waals surface area (Å²) in [6.45, 7) is 1.18. The molecule has 1 aromatic heterocycles. The predicted octanol–water partition coefficient (Wildman–Crippen LogP) is 7.26. The normalized spacial score (nSPS) is 11.6. The first-order valence-electron chi connectivity index (χ1n) is 12.5. The van der Waals surface area contributed by atoms with E-state index < -0.39 is 12.3 Å². The number of aromatic nitrogens is 2. The molecule has 0 unspecified atom stereocenters. The van der Waals surface area contributed by atoms with E-state index >= 15 is 0 Å². The first-order chi connectivity index (χ1) is 18.3. The summed E-state index contributed by atoms with van der Waals surface area (Å²) in [5.41, 5.74) is 3.54. The van der Waals surface area contributed by atoms with E-state index in [1.807, 2.05) is 48.5 Å². The van der Waals surface area contributed by atoms with Crippen LogP contribution in [0.15, 0.2) is 72.8 Å². The average molecular weight is 527 g/mol. The lowest BCUT2D eigenvalue weighted by molar-refractivity contribution is -0.274. The number of carbonyl (C=O) groups is 1. The molecule has 0 fully saturated rings. The van der Waals surface area contributed by atoms with E-state index in [0.717, 1.165) is 48.0 Å². The van der Waals surface area contributed by atoms with E-state index in [4.69, 9.17) is 14.8 Å². The van der Waals surface area contributed by atoms with Crippen LogP contribution in [0.5, 0.6) is 11.5 Å². The molecule has 38 heavy (non-hydrogen) atoms. The maximum Gasteiger partial charge on any atom is 0.573 e. The number of rotatable bonds is 13. The lowest BCUT2D eigenvalue weighted by Crippen LogP contribution is -2.16. The Hall–Kier alpha value is -4.01. The Morgan fingerprint density at radius 1 is 0.895 bits per heavy atom. The fraction of sp³-hybridized carbons (Fsp3) is 0.310. The van der Waals surface area contributed by atoms with Gasteiger partial charge in [0.1, 0.15) is 17.3 Å². The number of hydrogen-bond donors (Lipinski definition) is 1. The smallest absolute Gasteiger partial charge is 0.493 e. The Kier molecular flexibility index (Phi) is 8.89. The Bertz CT molecular complexity index is 1350. The maximum absolute atomic E-state index is 12.6. The molecular weight excluding hydrogens is 497 g/mol. The molecule has 4 aromatic rings. The van der Waals surface area contributed by atoms with Gasteiger partial charge in [-0.05, 0) is 80.1 Å². The highest BCUT2D eigenvalue weighted by atomic mass is 19.4. The second kappa shape index (κ2) is 12.5. The molecule has 0 bridgehead atoms. The summed E-state index contributed by atoms with van der Waals surface area (Å²) in [5.74, 6) is 0.442. The van der Waals surface area contributed by atoms with Crippen molar-refractivity contribution in [1.29, 1.82) is 0 Å². The summed E-state index contributed by atoms with van der Waals surface area (Å²) in [6.07, 6.45) is -0.782. The van der Waals surface area contributed by atoms with Crippen molar-refractivity contribution in [2.75, 3.05) is 6.61 Å². The van der Waals surface area contributed by atoms with Gasteiger partial charge < -0.3 is 19.1 Å². The van der Waals surface area contributed by atoms with Gasteiger partial charge in [0, 0.05) is 18.5 Å². The topological polar surface area (TPSA) is 73.6 Å². The molecule has 3 aromatic carbocycles. The largest absolute Gasteiger partial charge is 0.573 e. The van der Waals surface area contributed by atoms with Crippen LogP contribution in [-0.2, 0) is 17.8 Å². The molecule has 1 heterocycles. The molecule has 4 rings (SSSR count). The van der Waals surface area contributed by atoms with Gasteiger partial charge in [0.2, 0.25) is 0 Å². The van der Waals surface area contributed by atoms with Crippen molar-refractivity contribution in [3.8, 4) is 22.9 Å². The third kappa shape index (κ3) is 7.50. The van der Waals surface area contributed by atoms with E-state index in [9.17, 15) is 18.0 Å². The molecule has 0 aliphatic carbocycles. The standard InChI is InChI=1S/C29H29F3N2O4/c30-29(31,32)38-23-17-15-22(16-18-23)28-33-24-11-4-5-12-25(24)34(28)19-8-10-21-9-3-6-13-26(21)37-20-7-1-2-14-27(35)36/h3-6,9,11-13,15-18H,1-2,7-8,10,14,19-20H2,(H,35,36). The van der Waals surface area contributed by atoms with Crippen LogP contribution in [0, 0.1) is 0 Å². The van der Waals surface area contributed by atoms with Crippen molar-refractivity contribution in [3.63, 3.8) is 0 Å². The lowest BCUT2D eigenvalue weighted by Gasteiger charge is -2.13. The van der Waals surface area contributed by atoms with Gasteiger partial charge in [-0.1, -0.05) is 30.3 Å². The van der Waals surface area contributed by atoms with Gasteiger partial charge in [-0.3, -0.25) is 4.79 Å². The average Bonchev–Trinajstić information content (AvgIpc) is 3.25. The van der Waals surface area contributed by atoms with Crippen LogP contribution in [0.25, 0.3) is 22.4 Å². The fourth-order valence-electron chi connectivity index (χ4n) is 4.34. The molecule has 0 atom stereocenters. The van der Waals surface area contributed by atoms with Crippen LogP contribution in [0.4, 0.5) is 13.2 Å². The molecule has 200 valence electrons. The van der Waals surface area contributed by atoms with Gasteiger partial charge in [0.05, 0.1) is 17.6 Å². The first-order valence-corrected chi connectivity index (χ1v) is 12.5. The molecule has 0 radical (unpaired) electrons. The highest BCUT2D eigenvalue weighted by molar-refractivity contribution is 5.80. The summed E-state index contributed by atoms with van der Waals surface area (Å²) in [6, 6.07) is 21.4. The number of unbranched alkanes of at least 4 members (excludes halogenated alkanes) is 2. The van der Waals surface area contributed by atoms with Gasteiger partial charge in [0.25, 0.3) is 0 Å². The molecule has 0 spiro atoms. The molecule has 0 aliphatic heterocycles. The number of carboxylic acids is 1. The highest BCUT2D eigenvalue weighted by Gasteiger charge is 2.31. The van der Waals surface area contributed by atoms with Crippen LogP contribution in [0.2, 0.25) is 0 Å². The number of hydrogen-bond acceptors (Lipinski definition) is 4. The molecule has 6 nitrogen and oxygen atoms in total. The summed E-state index contributed by atoms with van der Waals surface area (Å²) >= 11 is 0. The number of aryl methyl sites for hydroxylation is 2. The Morgan fingerprint density at radius 2 is 1.63 bits per heavy atom. The first kappa shape index (κ1) is 27.0. The second-order valence-electron chi connectivity index (χ2n) is 8.91. The van der Waals surface area contributed by atoms with E-state index in [1.165, 1.54) is 12.1 Å². The van der Waals surface area contributed by atoms with Crippen molar-refractivity contribution in [2.24, 2.45) is 0 Å². The Labute approximate surface area is 218 Å². The van der Waals surface area contributed by atoms with Crippen LogP contribution in [0.3, 0.4) is 0 Å². The Morgan fingerprint density at radius 3 is 2.39 bits per heavy atom. The number of ether oxygens (including phenoxy) is 2. The van der Waals surface area contributed by atoms with Gasteiger partial charge in [-0.25, -0.2) is 4.98 Å². The van der Waals surface area contributed by atoms with Gasteiger partial charge in [-0.15, -0.1) is 13.2 Å². The molecular formula is C29H29F3N2O4. The summed E-state index contributed by atoms with van der Waals surface area (Å²) in [7, 11) is 0. The molecule has 1 N–H and O–H groups in total. The SMILES string of the molecule is O=C(O)CCCCCOc1ccccc1CCCn1c(-c2ccc(OC(F)(F)F)cc2)nc2ccccc21. The third-order valence-corrected chi connectivity index (χ3v) is 6.09. The minimum atomic E-state index is -4.74. The summed E-state index contributed by atoms with van der Waals surface area (Å²) < 4.78 is 49.7. The molecule has 0 saturated heterocycles. The van der Waals surface area contributed by atoms with Crippen molar-refractivity contribution < 1.29 is 32.5 Å². The van der Waals surface area contributed by atoms with Gasteiger partial charge >= 0.3 is 12.3 Å². The number of fused-ring (bicyclic) bond motifs is 1. The number of para-hydroxylation sites is 3. The van der Waals surface area contributed by atoms with Gasteiger partial charge in [-0.2, -0.15) is 0 Å².